The van der Waals surface area contributed by atoms with Crippen LogP contribution in [0.2, 0.25) is 0 Å². The van der Waals surface area contributed by atoms with E-state index in [-0.39, 0.29) is 0 Å². The van der Waals surface area contributed by atoms with Gasteiger partial charge in [-0.15, -0.1) is 0 Å². The molecule has 0 bridgehead atoms. The van der Waals surface area contributed by atoms with Crippen LogP contribution in [-0.4, -0.2) is 46.5 Å². The number of hydrogen-bond donors (Lipinski definition) is 3. The molecule has 2 aromatic rings. The minimum Gasteiger partial charge on any atom is -0.382 e. The summed E-state index contributed by atoms with van der Waals surface area (Å²) in [6.07, 6.45) is 5.78. The molecule has 0 unspecified atom stereocenters. The maximum atomic E-state index is 11.6. The first-order valence-electron chi connectivity index (χ1n) is 7.44. The van der Waals surface area contributed by atoms with Crippen LogP contribution in [0.5, 0.6) is 0 Å². The van der Waals surface area contributed by atoms with Crippen molar-refractivity contribution < 1.29 is 4.79 Å². The van der Waals surface area contributed by atoms with E-state index in [1.165, 1.54) is 19.0 Å². The highest BCUT2D eigenvalue weighted by Crippen LogP contribution is 2.26. The van der Waals surface area contributed by atoms with E-state index in [0.29, 0.717) is 11.6 Å². The van der Waals surface area contributed by atoms with Gasteiger partial charge in [-0.25, -0.2) is 4.98 Å². The van der Waals surface area contributed by atoms with Gasteiger partial charge in [-0.3, -0.25) is 9.69 Å². The molecule has 1 amide bonds. The molecule has 1 atom stereocenters. The average molecular weight is 287 g/mol. The number of H-pyrrole nitrogens is 1. The summed E-state index contributed by atoms with van der Waals surface area (Å²) in [4.78, 5) is 21.4. The maximum Gasteiger partial charge on any atom is 0.252 e. The predicted molar refractivity (Wildman–Crippen MR) is 83.4 cm³/mol. The van der Waals surface area contributed by atoms with E-state index in [1.54, 1.807) is 0 Å². The molecule has 1 fully saturated rings. The van der Waals surface area contributed by atoms with Crippen molar-refractivity contribution in [3.05, 3.63) is 24.0 Å². The zero-order valence-corrected chi connectivity index (χ0v) is 12.2. The molecule has 1 saturated heterocycles. The number of nitrogens with zero attached hydrogens (tertiary/aromatic N) is 2. The lowest BCUT2D eigenvalue weighted by molar-refractivity contribution is 0.100. The highest BCUT2D eigenvalue weighted by atomic mass is 16.1. The lowest BCUT2D eigenvalue weighted by atomic mass is 10.1. The molecule has 4 N–H and O–H groups in total. The third kappa shape index (κ3) is 2.58. The molecule has 0 aliphatic carbocycles. The van der Waals surface area contributed by atoms with Crippen molar-refractivity contribution in [1.29, 1.82) is 0 Å². The van der Waals surface area contributed by atoms with Crippen molar-refractivity contribution in [3.8, 4) is 0 Å². The summed E-state index contributed by atoms with van der Waals surface area (Å²) in [7, 11) is 0. The molecule has 2 aromatic heterocycles. The normalized spacial score (nSPS) is 19.2. The van der Waals surface area contributed by atoms with Crippen LogP contribution in [-0.2, 0) is 0 Å². The van der Waals surface area contributed by atoms with Gasteiger partial charge in [0.15, 0.2) is 0 Å². The van der Waals surface area contributed by atoms with E-state index in [0.717, 1.165) is 36.4 Å². The van der Waals surface area contributed by atoms with Gasteiger partial charge in [-0.2, -0.15) is 0 Å². The van der Waals surface area contributed by atoms with Crippen molar-refractivity contribution in [2.45, 2.75) is 25.8 Å². The number of amides is 1. The zero-order chi connectivity index (χ0) is 14.8. The van der Waals surface area contributed by atoms with Crippen LogP contribution >= 0.6 is 0 Å². The molecular weight excluding hydrogens is 266 g/mol. The minimum atomic E-state index is -0.452. The van der Waals surface area contributed by atoms with Gasteiger partial charge in [0.2, 0.25) is 0 Å². The number of carbonyl (C=O) groups is 1. The number of aromatic nitrogens is 2. The first kappa shape index (κ1) is 13.9. The molecule has 0 radical (unpaired) electrons. The SMILES string of the molecule is CCN1CCC[C@H]1CNc1c(C(N)=O)cnc2[nH]ccc12. The summed E-state index contributed by atoms with van der Waals surface area (Å²) in [5.41, 5.74) is 7.47. The fourth-order valence-electron chi connectivity index (χ4n) is 3.15. The lowest BCUT2D eigenvalue weighted by Crippen LogP contribution is -2.35. The highest BCUT2D eigenvalue weighted by Gasteiger charge is 2.23. The monoisotopic (exact) mass is 287 g/mol. The van der Waals surface area contributed by atoms with E-state index < -0.39 is 5.91 Å². The molecule has 3 heterocycles. The summed E-state index contributed by atoms with van der Waals surface area (Å²) in [6.45, 7) is 5.22. The fourth-order valence-corrected chi connectivity index (χ4v) is 3.15. The van der Waals surface area contributed by atoms with Gasteiger partial charge in [0, 0.05) is 30.4 Å². The number of rotatable bonds is 5. The maximum absolute atomic E-state index is 11.6. The standard InChI is InChI=1S/C15H21N5O/c1-2-20-7-3-4-10(20)8-18-13-11-5-6-17-15(11)19-9-12(13)14(16)21/h5-6,9-10H,2-4,7-8H2,1H3,(H2,16,21)(H2,17,18,19)/t10-/m0/s1. The second kappa shape index (κ2) is 5.73. The zero-order valence-electron chi connectivity index (χ0n) is 12.2. The highest BCUT2D eigenvalue weighted by molar-refractivity contribution is 6.05. The van der Waals surface area contributed by atoms with Gasteiger partial charge in [-0.05, 0) is 32.0 Å². The Labute approximate surface area is 123 Å². The van der Waals surface area contributed by atoms with Gasteiger partial charge in [0.1, 0.15) is 5.65 Å². The fraction of sp³-hybridized carbons (Fsp3) is 0.467. The number of anilines is 1. The van der Waals surface area contributed by atoms with Crippen molar-refractivity contribution >= 4 is 22.6 Å². The van der Waals surface area contributed by atoms with Crippen LogP contribution in [0, 0.1) is 0 Å². The summed E-state index contributed by atoms with van der Waals surface area (Å²) in [5, 5.41) is 4.34. The van der Waals surface area contributed by atoms with Crippen molar-refractivity contribution in [2.75, 3.05) is 25.0 Å². The number of fused-ring (bicyclic) bond motifs is 1. The van der Waals surface area contributed by atoms with Crippen LogP contribution in [0.1, 0.15) is 30.1 Å². The minimum absolute atomic E-state index is 0.447. The first-order valence-corrected chi connectivity index (χ1v) is 7.44. The number of carbonyl (C=O) groups excluding carboxylic acids is 1. The van der Waals surface area contributed by atoms with Gasteiger partial charge in [0.05, 0.1) is 11.3 Å². The van der Waals surface area contributed by atoms with Crippen molar-refractivity contribution in [3.63, 3.8) is 0 Å². The Bertz CT molecular complexity index is 651. The molecule has 21 heavy (non-hydrogen) atoms. The average Bonchev–Trinajstić information content (AvgIpc) is 3.12. The number of nitrogens with two attached hydrogens (primary N) is 1. The lowest BCUT2D eigenvalue weighted by Gasteiger charge is -2.24. The third-order valence-corrected chi connectivity index (χ3v) is 4.27. The van der Waals surface area contributed by atoms with Gasteiger partial charge in [-0.1, -0.05) is 6.92 Å². The van der Waals surface area contributed by atoms with E-state index in [4.69, 9.17) is 5.73 Å². The van der Waals surface area contributed by atoms with E-state index in [1.807, 2.05) is 12.3 Å². The molecule has 6 nitrogen and oxygen atoms in total. The van der Waals surface area contributed by atoms with E-state index >= 15 is 0 Å². The molecule has 1 aliphatic rings. The molecule has 0 saturated carbocycles. The number of pyridine rings is 1. The number of primary amides is 1. The van der Waals surface area contributed by atoms with Gasteiger partial charge < -0.3 is 16.0 Å². The Kier molecular flexibility index (Phi) is 3.79. The summed E-state index contributed by atoms with van der Waals surface area (Å²) < 4.78 is 0. The second-order valence-corrected chi connectivity index (χ2v) is 5.46. The number of aromatic amines is 1. The summed E-state index contributed by atoms with van der Waals surface area (Å²) in [6, 6.07) is 2.43. The molecule has 0 aromatic carbocycles. The molecule has 1 aliphatic heterocycles. The quantitative estimate of drug-likeness (QED) is 0.779. The summed E-state index contributed by atoms with van der Waals surface area (Å²) >= 11 is 0. The first-order chi connectivity index (χ1) is 10.2. The largest absolute Gasteiger partial charge is 0.382 e. The van der Waals surface area contributed by atoms with Crippen LogP contribution in [0.3, 0.4) is 0 Å². The molecule has 0 spiro atoms. The van der Waals surface area contributed by atoms with Crippen molar-refractivity contribution in [2.24, 2.45) is 5.73 Å². The third-order valence-electron chi connectivity index (χ3n) is 4.27. The smallest absolute Gasteiger partial charge is 0.252 e. The van der Waals surface area contributed by atoms with Crippen molar-refractivity contribution in [1.82, 2.24) is 14.9 Å². The van der Waals surface area contributed by atoms with Crippen LogP contribution in [0.15, 0.2) is 18.5 Å². The molecule has 6 heteroatoms. The van der Waals surface area contributed by atoms with E-state index in [9.17, 15) is 4.79 Å². The Hall–Kier alpha value is -2.08. The molecule has 3 rings (SSSR count). The van der Waals surface area contributed by atoms with Crippen LogP contribution in [0.4, 0.5) is 5.69 Å². The Morgan fingerprint density at radius 3 is 3.24 bits per heavy atom. The number of likely N-dealkylation sites (N-methyl/N-ethyl adjacent to an activating group) is 1. The number of hydrogen-bond acceptors (Lipinski definition) is 4. The van der Waals surface area contributed by atoms with Crippen LogP contribution in [0.25, 0.3) is 11.0 Å². The Balaban J connectivity index is 1.86. The van der Waals surface area contributed by atoms with Gasteiger partial charge in [0.25, 0.3) is 5.91 Å². The second-order valence-electron chi connectivity index (χ2n) is 5.46. The van der Waals surface area contributed by atoms with E-state index in [2.05, 4.69) is 27.1 Å². The molecular formula is C15H21N5O. The molecule has 112 valence electrons. The number of likely N-dealkylation sites (tertiary alicyclic amines) is 1. The predicted octanol–water partition coefficient (Wildman–Crippen LogP) is 1.56. The summed E-state index contributed by atoms with van der Waals surface area (Å²) in [5.74, 6) is -0.452. The number of nitrogens with one attached hydrogen (secondary N) is 2. The van der Waals surface area contributed by atoms with Gasteiger partial charge >= 0.3 is 0 Å². The topological polar surface area (TPSA) is 87.0 Å². The van der Waals surface area contributed by atoms with Crippen LogP contribution < -0.4 is 11.1 Å². The Morgan fingerprint density at radius 1 is 1.62 bits per heavy atom. The Morgan fingerprint density at radius 2 is 2.48 bits per heavy atom.